The number of aliphatic hydroxyl groups excluding tert-OH is 1. The SMILES string of the molecule is C=CCO.[SiH4]. The summed E-state index contributed by atoms with van der Waals surface area (Å²) in [5.74, 6) is 0. The van der Waals surface area contributed by atoms with Crippen LogP contribution in [-0.4, -0.2) is 22.7 Å². The molecule has 0 amide bonds. The molecule has 0 radical (unpaired) electrons. The van der Waals surface area contributed by atoms with E-state index in [1.54, 1.807) is 0 Å². The first-order valence-electron chi connectivity index (χ1n) is 1.13. The summed E-state index contributed by atoms with van der Waals surface area (Å²) in [6.45, 7) is 3.31. The van der Waals surface area contributed by atoms with E-state index in [1.807, 2.05) is 0 Å². The maximum absolute atomic E-state index is 7.76. The van der Waals surface area contributed by atoms with Crippen LogP contribution >= 0.6 is 0 Å². The lowest BCUT2D eigenvalue weighted by atomic mass is 10.7. The van der Waals surface area contributed by atoms with Gasteiger partial charge in [0, 0.05) is 0 Å². The molecule has 32 valence electrons. The van der Waals surface area contributed by atoms with E-state index in [-0.39, 0.29) is 17.6 Å². The summed E-state index contributed by atoms with van der Waals surface area (Å²) < 4.78 is 0. The van der Waals surface area contributed by atoms with Crippen molar-refractivity contribution in [2.24, 2.45) is 0 Å². The molecule has 0 rings (SSSR count). The van der Waals surface area contributed by atoms with E-state index in [1.165, 1.54) is 6.08 Å². The van der Waals surface area contributed by atoms with E-state index < -0.39 is 0 Å². The minimum absolute atomic E-state index is 0. The molecule has 0 aliphatic rings. The Morgan fingerprint density at radius 1 is 1.80 bits per heavy atom. The Kier molecular flexibility index (Phi) is 16.1. The van der Waals surface area contributed by atoms with Crippen molar-refractivity contribution >= 4 is 11.0 Å². The van der Waals surface area contributed by atoms with Crippen molar-refractivity contribution < 1.29 is 5.11 Å². The van der Waals surface area contributed by atoms with Gasteiger partial charge in [-0.1, -0.05) is 6.08 Å². The van der Waals surface area contributed by atoms with E-state index in [2.05, 4.69) is 6.58 Å². The fourth-order valence-corrected chi connectivity index (χ4v) is 0. The molecular weight excluding hydrogens is 80.1 g/mol. The maximum atomic E-state index is 7.76. The largest absolute Gasteiger partial charge is 0.392 e. The van der Waals surface area contributed by atoms with Crippen LogP contribution in [0.2, 0.25) is 0 Å². The maximum Gasteiger partial charge on any atom is 0.0609 e. The third-order valence-electron chi connectivity index (χ3n) is 0.129. The highest BCUT2D eigenvalue weighted by molar-refractivity contribution is 5.75. The van der Waals surface area contributed by atoms with Crippen molar-refractivity contribution in [1.29, 1.82) is 0 Å². The molecule has 0 saturated heterocycles. The van der Waals surface area contributed by atoms with Crippen molar-refractivity contribution in [3.8, 4) is 0 Å². The molecule has 0 unspecified atom stereocenters. The van der Waals surface area contributed by atoms with Crippen LogP contribution in [0.1, 0.15) is 0 Å². The fraction of sp³-hybridized carbons (Fsp3) is 0.333. The predicted molar refractivity (Wildman–Crippen MR) is 28.6 cm³/mol. The lowest BCUT2D eigenvalue weighted by Crippen LogP contribution is -1.62. The Bertz CT molecular complexity index is 20.9. The third kappa shape index (κ3) is 17.1. The van der Waals surface area contributed by atoms with Gasteiger partial charge in [-0.3, -0.25) is 0 Å². The zero-order chi connectivity index (χ0) is 3.41. The summed E-state index contributed by atoms with van der Waals surface area (Å²) in [5.41, 5.74) is 0. The van der Waals surface area contributed by atoms with Gasteiger partial charge in [-0.05, 0) is 11.0 Å². The van der Waals surface area contributed by atoms with Crippen molar-refractivity contribution in [2.45, 2.75) is 0 Å². The van der Waals surface area contributed by atoms with Crippen LogP contribution in [0.4, 0.5) is 0 Å². The lowest BCUT2D eigenvalue weighted by molar-refractivity contribution is 0.343. The van der Waals surface area contributed by atoms with Gasteiger partial charge in [0.15, 0.2) is 0 Å². The highest BCUT2D eigenvalue weighted by atomic mass is 28.1. The summed E-state index contributed by atoms with van der Waals surface area (Å²) in [6, 6.07) is 0. The molecule has 0 saturated carbocycles. The minimum Gasteiger partial charge on any atom is -0.392 e. The van der Waals surface area contributed by atoms with Gasteiger partial charge >= 0.3 is 0 Å². The van der Waals surface area contributed by atoms with Gasteiger partial charge in [0.2, 0.25) is 0 Å². The van der Waals surface area contributed by atoms with E-state index in [0.717, 1.165) is 0 Å². The number of hydrogen-bond donors (Lipinski definition) is 1. The quantitative estimate of drug-likeness (QED) is 0.314. The molecule has 0 aromatic heterocycles. The van der Waals surface area contributed by atoms with Crippen LogP contribution < -0.4 is 0 Å². The van der Waals surface area contributed by atoms with Crippen molar-refractivity contribution in [2.75, 3.05) is 6.61 Å². The molecule has 0 spiro atoms. The molecule has 0 aliphatic heterocycles. The molecule has 0 aromatic carbocycles. The van der Waals surface area contributed by atoms with Gasteiger partial charge in [0.25, 0.3) is 0 Å². The number of rotatable bonds is 1. The first kappa shape index (κ1) is 8.87. The molecular formula is C3H10OSi. The monoisotopic (exact) mass is 90.1 g/mol. The second-order valence-corrected chi connectivity index (χ2v) is 0.471. The van der Waals surface area contributed by atoms with Gasteiger partial charge in [0.1, 0.15) is 0 Å². The van der Waals surface area contributed by atoms with Crippen LogP contribution in [0.15, 0.2) is 12.7 Å². The smallest absolute Gasteiger partial charge is 0.0609 e. The van der Waals surface area contributed by atoms with Gasteiger partial charge in [0.05, 0.1) is 6.61 Å². The Balaban J connectivity index is 0. The Hall–Kier alpha value is -0.0831. The summed E-state index contributed by atoms with van der Waals surface area (Å²) in [5, 5.41) is 7.76. The van der Waals surface area contributed by atoms with E-state index in [4.69, 9.17) is 5.11 Å². The topological polar surface area (TPSA) is 20.2 Å². The van der Waals surface area contributed by atoms with Crippen LogP contribution in [0.3, 0.4) is 0 Å². The summed E-state index contributed by atoms with van der Waals surface area (Å²) >= 11 is 0. The minimum atomic E-state index is 0. The average Bonchev–Trinajstić information content (AvgIpc) is 1.37. The lowest BCUT2D eigenvalue weighted by Gasteiger charge is -1.60. The van der Waals surface area contributed by atoms with Crippen LogP contribution in [0.25, 0.3) is 0 Å². The van der Waals surface area contributed by atoms with Crippen LogP contribution in [0.5, 0.6) is 0 Å². The summed E-state index contributed by atoms with van der Waals surface area (Å²) in [7, 11) is 0. The van der Waals surface area contributed by atoms with Gasteiger partial charge in [-0.25, -0.2) is 0 Å². The first-order chi connectivity index (χ1) is 1.91. The Morgan fingerprint density at radius 2 is 2.00 bits per heavy atom. The standard InChI is InChI=1S/C3H6O.H4Si/c1-2-3-4;/h2,4H,1,3H2;1H4. The number of hydrogen-bond acceptors (Lipinski definition) is 1. The van der Waals surface area contributed by atoms with Crippen molar-refractivity contribution in [3.05, 3.63) is 12.7 Å². The molecule has 5 heavy (non-hydrogen) atoms. The first-order valence-corrected chi connectivity index (χ1v) is 1.13. The highest BCUT2D eigenvalue weighted by Gasteiger charge is 1.45. The Labute approximate surface area is 36.3 Å². The molecule has 0 aromatic rings. The number of aliphatic hydroxyl groups is 1. The van der Waals surface area contributed by atoms with Gasteiger partial charge in [-0.2, -0.15) is 0 Å². The fourth-order valence-electron chi connectivity index (χ4n) is 0. The summed E-state index contributed by atoms with van der Waals surface area (Å²) in [4.78, 5) is 0. The van der Waals surface area contributed by atoms with Crippen LogP contribution in [-0.2, 0) is 0 Å². The molecule has 0 aliphatic carbocycles. The highest BCUT2D eigenvalue weighted by Crippen LogP contribution is 1.46. The van der Waals surface area contributed by atoms with Gasteiger partial charge in [-0.15, -0.1) is 6.58 Å². The molecule has 1 N–H and O–H groups in total. The van der Waals surface area contributed by atoms with E-state index in [0.29, 0.717) is 0 Å². The molecule has 1 nitrogen and oxygen atoms in total. The average molecular weight is 90.2 g/mol. The molecule has 0 bridgehead atoms. The molecule has 2 heteroatoms. The van der Waals surface area contributed by atoms with Gasteiger partial charge < -0.3 is 5.11 Å². The summed E-state index contributed by atoms with van der Waals surface area (Å²) in [6.07, 6.45) is 1.43. The third-order valence-corrected chi connectivity index (χ3v) is 0.129. The second-order valence-electron chi connectivity index (χ2n) is 0.471. The zero-order valence-electron chi connectivity index (χ0n) is 2.44. The van der Waals surface area contributed by atoms with Crippen molar-refractivity contribution in [1.82, 2.24) is 0 Å². The predicted octanol–water partition coefficient (Wildman–Crippen LogP) is -1.29. The van der Waals surface area contributed by atoms with E-state index in [9.17, 15) is 0 Å². The molecule has 0 fully saturated rings. The molecule has 0 heterocycles. The van der Waals surface area contributed by atoms with E-state index >= 15 is 0 Å². The van der Waals surface area contributed by atoms with Crippen molar-refractivity contribution in [3.63, 3.8) is 0 Å². The normalized spacial score (nSPS) is 5.00. The van der Waals surface area contributed by atoms with Crippen LogP contribution in [0, 0.1) is 0 Å². The Morgan fingerprint density at radius 3 is 2.00 bits per heavy atom. The zero-order valence-corrected chi connectivity index (χ0v) is 2.44. The second kappa shape index (κ2) is 9.07. The molecule has 0 atom stereocenters.